The van der Waals surface area contributed by atoms with Crippen molar-refractivity contribution in [2.45, 2.75) is 27.2 Å². The van der Waals surface area contributed by atoms with Crippen molar-refractivity contribution in [3.8, 4) is 0 Å². The third-order valence-electron chi connectivity index (χ3n) is 3.82. The predicted octanol–water partition coefficient (Wildman–Crippen LogP) is 3.95. The SMILES string of the molecule is CC(=O)c1cccc(NC(=O)CCNc2cccc(C)c2C)c1. The Morgan fingerprint density at radius 2 is 1.78 bits per heavy atom. The second-order valence-corrected chi connectivity index (χ2v) is 5.61. The van der Waals surface area contributed by atoms with Crippen LogP contribution in [0, 0.1) is 13.8 Å². The van der Waals surface area contributed by atoms with Gasteiger partial charge < -0.3 is 10.6 Å². The molecule has 0 fully saturated rings. The molecule has 4 heteroatoms. The normalized spacial score (nSPS) is 10.2. The molecule has 2 aromatic rings. The Morgan fingerprint density at radius 1 is 1.04 bits per heavy atom. The van der Waals surface area contributed by atoms with E-state index in [0.29, 0.717) is 24.2 Å². The van der Waals surface area contributed by atoms with Crippen molar-refractivity contribution < 1.29 is 9.59 Å². The number of ketones is 1. The number of Topliss-reactive ketones (excluding diaryl/α,β-unsaturated/α-hetero) is 1. The van der Waals surface area contributed by atoms with Crippen LogP contribution < -0.4 is 10.6 Å². The molecular formula is C19H22N2O2. The maximum atomic E-state index is 12.0. The van der Waals surface area contributed by atoms with Gasteiger partial charge in [0.15, 0.2) is 5.78 Å². The van der Waals surface area contributed by atoms with E-state index in [0.717, 1.165) is 5.69 Å². The first-order chi connectivity index (χ1) is 11.0. The number of carbonyl (C=O) groups is 2. The smallest absolute Gasteiger partial charge is 0.226 e. The molecule has 0 aromatic heterocycles. The molecule has 0 saturated carbocycles. The standard InChI is InChI=1S/C19H22N2O2/c1-13-6-4-9-18(14(13)2)20-11-10-19(23)21-17-8-5-7-16(12-17)15(3)22/h4-9,12,20H,10-11H2,1-3H3,(H,21,23). The first-order valence-electron chi connectivity index (χ1n) is 7.68. The average molecular weight is 310 g/mol. The van der Waals surface area contributed by atoms with Gasteiger partial charge in [-0.1, -0.05) is 24.3 Å². The molecule has 0 unspecified atom stereocenters. The second kappa shape index (κ2) is 7.58. The molecular weight excluding hydrogens is 288 g/mol. The number of anilines is 2. The maximum absolute atomic E-state index is 12.0. The van der Waals surface area contributed by atoms with Crippen LogP contribution in [-0.2, 0) is 4.79 Å². The van der Waals surface area contributed by atoms with Crippen molar-refractivity contribution in [1.82, 2.24) is 0 Å². The Kier molecular flexibility index (Phi) is 5.52. The van der Waals surface area contributed by atoms with Gasteiger partial charge in [-0.25, -0.2) is 0 Å². The van der Waals surface area contributed by atoms with Crippen LogP contribution in [0.3, 0.4) is 0 Å². The minimum absolute atomic E-state index is 0.0160. The lowest BCUT2D eigenvalue weighted by atomic mass is 10.1. The molecule has 2 N–H and O–H groups in total. The minimum atomic E-state index is -0.0801. The molecule has 120 valence electrons. The van der Waals surface area contributed by atoms with E-state index >= 15 is 0 Å². The quantitative estimate of drug-likeness (QED) is 0.794. The van der Waals surface area contributed by atoms with Crippen LogP contribution in [0.15, 0.2) is 42.5 Å². The lowest BCUT2D eigenvalue weighted by molar-refractivity contribution is -0.115. The summed E-state index contributed by atoms with van der Waals surface area (Å²) in [6.07, 6.45) is 0.359. The zero-order chi connectivity index (χ0) is 16.8. The molecule has 0 radical (unpaired) electrons. The molecule has 0 bridgehead atoms. The van der Waals surface area contributed by atoms with E-state index in [1.54, 1.807) is 24.3 Å². The van der Waals surface area contributed by atoms with Gasteiger partial charge in [0.05, 0.1) is 0 Å². The minimum Gasteiger partial charge on any atom is -0.384 e. The highest BCUT2D eigenvalue weighted by molar-refractivity contribution is 5.97. The van der Waals surface area contributed by atoms with Gasteiger partial charge in [-0.05, 0) is 50.1 Å². The molecule has 23 heavy (non-hydrogen) atoms. The van der Waals surface area contributed by atoms with Crippen LogP contribution in [-0.4, -0.2) is 18.2 Å². The maximum Gasteiger partial charge on any atom is 0.226 e. The fourth-order valence-corrected chi connectivity index (χ4v) is 2.29. The number of benzene rings is 2. The molecule has 0 spiro atoms. The summed E-state index contributed by atoms with van der Waals surface area (Å²) in [6.45, 7) is 6.19. The van der Waals surface area contributed by atoms with Crippen molar-refractivity contribution in [1.29, 1.82) is 0 Å². The Bertz CT molecular complexity index is 723. The summed E-state index contributed by atoms with van der Waals surface area (Å²) in [5.41, 5.74) is 4.71. The van der Waals surface area contributed by atoms with Crippen LogP contribution in [0.1, 0.15) is 34.8 Å². The average Bonchev–Trinajstić information content (AvgIpc) is 2.51. The lowest BCUT2D eigenvalue weighted by Gasteiger charge is -2.11. The highest BCUT2D eigenvalue weighted by Gasteiger charge is 2.06. The summed E-state index contributed by atoms with van der Waals surface area (Å²) in [5, 5.41) is 6.10. The van der Waals surface area contributed by atoms with Crippen molar-refractivity contribution in [2.75, 3.05) is 17.2 Å². The van der Waals surface area contributed by atoms with Gasteiger partial charge in [0.25, 0.3) is 0 Å². The summed E-state index contributed by atoms with van der Waals surface area (Å²) < 4.78 is 0. The van der Waals surface area contributed by atoms with Gasteiger partial charge in [0.2, 0.25) is 5.91 Å². The number of hydrogen-bond donors (Lipinski definition) is 2. The van der Waals surface area contributed by atoms with Gasteiger partial charge in [-0.2, -0.15) is 0 Å². The fraction of sp³-hybridized carbons (Fsp3) is 0.263. The summed E-state index contributed by atoms with van der Waals surface area (Å²) in [4.78, 5) is 23.3. The molecule has 2 rings (SSSR count). The summed E-state index contributed by atoms with van der Waals surface area (Å²) in [5.74, 6) is -0.0961. The number of rotatable bonds is 6. The molecule has 1 amide bonds. The van der Waals surface area contributed by atoms with Crippen LogP contribution in [0.4, 0.5) is 11.4 Å². The third kappa shape index (κ3) is 4.68. The number of amides is 1. The topological polar surface area (TPSA) is 58.2 Å². The van der Waals surface area contributed by atoms with E-state index in [4.69, 9.17) is 0 Å². The summed E-state index contributed by atoms with van der Waals surface area (Å²) in [6, 6.07) is 13.0. The lowest BCUT2D eigenvalue weighted by Crippen LogP contribution is -2.16. The fourth-order valence-electron chi connectivity index (χ4n) is 2.29. The monoisotopic (exact) mass is 310 g/mol. The molecule has 4 nitrogen and oxygen atoms in total. The number of aryl methyl sites for hydroxylation is 1. The first-order valence-corrected chi connectivity index (χ1v) is 7.68. The summed E-state index contributed by atoms with van der Waals surface area (Å²) in [7, 11) is 0. The van der Waals surface area contributed by atoms with Crippen LogP contribution >= 0.6 is 0 Å². The third-order valence-corrected chi connectivity index (χ3v) is 3.82. The van der Waals surface area contributed by atoms with Crippen molar-refractivity contribution >= 4 is 23.1 Å². The van der Waals surface area contributed by atoms with Gasteiger partial charge in [-0.15, -0.1) is 0 Å². The Labute approximate surface area is 136 Å². The Balaban J connectivity index is 1.87. The van der Waals surface area contributed by atoms with Crippen molar-refractivity contribution in [2.24, 2.45) is 0 Å². The molecule has 2 aromatic carbocycles. The number of carbonyl (C=O) groups excluding carboxylic acids is 2. The molecule has 0 aliphatic rings. The second-order valence-electron chi connectivity index (χ2n) is 5.61. The van der Waals surface area contributed by atoms with E-state index in [9.17, 15) is 9.59 Å². The highest BCUT2D eigenvalue weighted by Crippen LogP contribution is 2.18. The van der Waals surface area contributed by atoms with E-state index in [2.05, 4.69) is 30.5 Å². The molecule has 0 aliphatic carbocycles. The van der Waals surface area contributed by atoms with E-state index in [1.165, 1.54) is 18.1 Å². The van der Waals surface area contributed by atoms with E-state index in [-0.39, 0.29) is 11.7 Å². The van der Waals surface area contributed by atoms with Crippen molar-refractivity contribution in [3.05, 3.63) is 59.2 Å². The Hall–Kier alpha value is -2.62. The van der Waals surface area contributed by atoms with Crippen LogP contribution in [0.25, 0.3) is 0 Å². The van der Waals surface area contributed by atoms with E-state index in [1.807, 2.05) is 12.1 Å². The molecule has 0 aliphatic heterocycles. The molecule has 0 saturated heterocycles. The predicted molar refractivity (Wildman–Crippen MR) is 94.1 cm³/mol. The van der Waals surface area contributed by atoms with Gasteiger partial charge >= 0.3 is 0 Å². The van der Waals surface area contributed by atoms with Crippen LogP contribution in [0.2, 0.25) is 0 Å². The number of nitrogens with one attached hydrogen (secondary N) is 2. The molecule has 0 heterocycles. The Morgan fingerprint density at radius 3 is 2.52 bits per heavy atom. The highest BCUT2D eigenvalue weighted by atomic mass is 16.1. The zero-order valence-electron chi connectivity index (χ0n) is 13.8. The number of hydrogen-bond acceptors (Lipinski definition) is 3. The largest absolute Gasteiger partial charge is 0.384 e. The van der Waals surface area contributed by atoms with Crippen molar-refractivity contribution in [3.63, 3.8) is 0 Å². The first kappa shape index (κ1) is 16.7. The summed E-state index contributed by atoms with van der Waals surface area (Å²) >= 11 is 0. The van der Waals surface area contributed by atoms with Gasteiger partial charge in [0, 0.05) is 29.9 Å². The van der Waals surface area contributed by atoms with Gasteiger partial charge in [0.1, 0.15) is 0 Å². The molecule has 0 atom stereocenters. The van der Waals surface area contributed by atoms with Gasteiger partial charge in [-0.3, -0.25) is 9.59 Å². The van der Waals surface area contributed by atoms with Crippen LogP contribution in [0.5, 0.6) is 0 Å². The zero-order valence-corrected chi connectivity index (χ0v) is 13.8. The van der Waals surface area contributed by atoms with E-state index < -0.39 is 0 Å².